The summed E-state index contributed by atoms with van der Waals surface area (Å²) in [5, 5.41) is 5.05. The van der Waals surface area contributed by atoms with Gasteiger partial charge >= 0.3 is 6.03 Å². The van der Waals surface area contributed by atoms with Crippen LogP contribution in [0, 0.1) is 6.92 Å². The molecule has 2 N–H and O–H groups in total. The molecule has 7 nitrogen and oxygen atoms in total. The standard InChI is InChI=1S/C16H15N3O4S/c1-11-4-2-3-5-14(11)18-10-15(20)19(16(18)21)12-6-8-13(9-7-12)24(17,22)23/h2-9H,10H2,1H3,(H2,17,22,23). The van der Waals surface area contributed by atoms with E-state index in [0.29, 0.717) is 11.4 Å². The summed E-state index contributed by atoms with van der Waals surface area (Å²) in [6.45, 7) is 1.79. The first kappa shape index (κ1) is 16.2. The highest BCUT2D eigenvalue weighted by Gasteiger charge is 2.38. The van der Waals surface area contributed by atoms with Crippen LogP contribution in [0.1, 0.15) is 5.56 Å². The lowest BCUT2D eigenvalue weighted by Crippen LogP contribution is -2.33. The molecule has 0 bridgehead atoms. The second-order valence-corrected chi connectivity index (χ2v) is 6.98. The molecule has 1 heterocycles. The molecule has 124 valence electrons. The Bertz CT molecular complexity index is 923. The fraction of sp³-hybridized carbons (Fsp3) is 0.125. The Hall–Kier alpha value is -2.71. The zero-order valence-electron chi connectivity index (χ0n) is 12.8. The molecule has 3 rings (SSSR count). The minimum absolute atomic E-state index is 0.0688. The van der Waals surface area contributed by atoms with Crippen LogP contribution in [0.5, 0.6) is 0 Å². The Morgan fingerprint density at radius 1 is 1.00 bits per heavy atom. The first-order valence-corrected chi connectivity index (χ1v) is 8.66. The number of hydrogen-bond donors (Lipinski definition) is 1. The number of sulfonamides is 1. The molecule has 2 aromatic rings. The summed E-state index contributed by atoms with van der Waals surface area (Å²) < 4.78 is 22.6. The molecule has 24 heavy (non-hydrogen) atoms. The number of aryl methyl sites for hydroxylation is 1. The van der Waals surface area contributed by atoms with E-state index in [1.165, 1.54) is 29.2 Å². The van der Waals surface area contributed by atoms with Crippen LogP contribution in [0.4, 0.5) is 16.2 Å². The van der Waals surface area contributed by atoms with Crippen LogP contribution in [0.3, 0.4) is 0 Å². The zero-order chi connectivity index (χ0) is 17.5. The third-order valence-electron chi connectivity index (χ3n) is 3.79. The summed E-state index contributed by atoms with van der Waals surface area (Å²) in [7, 11) is -3.83. The maximum absolute atomic E-state index is 12.6. The Kier molecular flexibility index (Phi) is 3.86. The predicted octanol–water partition coefficient (Wildman–Crippen LogP) is 1.62. The molecule has 3 amide bonds. The van der Waals surface area contributed by atoms with Gasteiger partial charge in [-0.15, -0.1) is 0 Å². The van der Waals surface area contributed by atoms with E-state index in [0.717, 1.165) is 10.5 Å². The topological polar surface area (TPSA) is 101 Å². The molecule has 0 aromatic heterocycles. The number of nitrogens with two attached hydrogens (primary N) is 1. The molecular formula is C16H15N3O4S. The number of primary sulfonamides is 1. The lowest BCUT2D eigenvalue weighted by molar-refractivity contribution is -0.115. The Balaban J connectivity index is 1.94. The Labute approximate surface area is 139 Å². The van der Waals surface area contributed by atoms with Gasteiger partial charge in [0.1, 0.15) is 6.54 Å². The number of carbonyl (C=O) groups excluding carboxylic acids is 2. The zero-order valence-corrected chi connectivity index (χ0v) is 13.7. The van der Waals surface area contributed by atoms with E-state index in [1.807, 2.05) is 19.1 Å². The summed E-state index contributed by atoms with van der Waals surface area (Å²) >= 11 is 0. The quantitative estimate of drug-likeness (QED) is 0.854. The van der Waals surface area contributed by atoms with Crippen molar-refractivity contribution in [2.75, 3.05) is 16.3 Å². The molecule has 0 unspecified atom stereocenters. The molecular weight excluding hydrogens is 330 g/mol. The van der Waals surface area contributed by atoms with Crippen LogP contribution in [-0.4, -0.2) is 26.9 Å². The van der Waals surface area contributed by atoms with Gasteiger partial charge in [-0.1, -0.05) is 18.2 Å². The van der Waals surface area contributed by atoms with E-state index in [9.17, 15) is 18.0 Å². The number of nitrogens with zero attached hydrogens (tertiary/aromatic N) is 2. The molecule has 0 spiro atoms. The highest BCUT2D eigenvalue weighted by Crippen LogP contribution is 2.28. The summed E-state index contributed by atoms with van der Waals surface area (Å²) in [5.74, 6) is -0.383. The molecule has 1 aliphatic rings. The predicted molar refractivity (Wildman–Crippen MR) is 89.2 cm³/mol. The monoisotopic (exact) mass is 345 g/mol. The second kappa shape index (κ2) is 5.73. The van der Waals surface area contributed by atoms with Crippen LogP contribution >= 0.6 is 0 Å². The van der Waals surface area contributed by atoms with Crippen molar-refractivity contribution < 1.29 is 18.0 Å². The van der Waals surface area contributed by atoms with E-state index < -0.39 is 16.1 Å². The molecule has 0 atom stereocenters. The number of anilines is 2. The van der Waals surface area contributed by atoms with Crippen molar-refractivity contribution in [2.24, 2.45) is 5.14 Å². The molecule has 1 saturated heterocycles. The van der Waals surface area contributed by atoms with Crippen LogP contribution < -0.4 is 14.9 Å². The Morgan fingerprint density at radius 2 is 1.62 bits per heavy atom. The van der Waals surface area contributed by atoms with Gasteiger partial charge in [-0.3, -0.25) is 9.69 Å². The Morgan fingerprint density at radius 3 is 2.21 bits per heavy atom. The van der Waals surface area contributed by atoms with Crippen molar-refractivity contribution in [1.29, 1.82) is 0 Å². The number of rotatable bonds is 3. The first-order valence-electron chi connectivity index (χ1n) is 7.12. The number of hydrogen-bond acceptors (Lipinski definition) is 4. The molecule has 0 aliphatic carbocycles. The van der Waals surface area contributed by atoms with Gasteiger partial charge in [-0.2, -0.15) is 0 Å². The van der Waals surface area contributed by atoms with Gasteiger partial charge < -0.3 is 0 Å². The van der Waals surface area contributed by atoms with Gasteiger partial charge in [0.15, 0.2) is 0 Å². The lowest BCUT2D eigenvalue weighted by atomic mass is 10.2. The van der Waals surface area contributed by atoms with Gasteiger partial charge in [0, 0.05) is 5.69 Å². The minimum Gasteiger partial charge on any atom is -0.284 e. The van der Waals surface area contributed by atoms with Crippen molar-refractivity contribution in [1.82, 2.24) is 0 Å². The summed E-state index contributed by atoms with van der Waals surface area (Å²) in [4.78, 5) is 27.3. The largest absolute Gasteiger partial charge is 0.336 e. The van der Waals surface area contributed by atoms with E-state index in [2.05, 4.69) is 0 Å². The SMILES string of the molecule is Cc1ccccc1N1CC(=O)N(c2ccc(S(N)(=O)=O)cc2)C1=O. The number of urea groups is 1. The maximum atomic E-state index is 12.6. The van der Waals surface area contributed by atoms with Gasteiger partial charge in [-0.25, -0.2) is 23.3 Å². The van der Waals surface area contributed by atoms with Crippen molar-refractivity contribution in [3.8, 4) is 0 Å². The first-order chi connectivity index (χ1) is 11.3. The van der Waals surface area contributed by atoms with Gasteiger partial charge in [-0.05, 0) is 42.8 Å². The van der Waals surface area contributed by atoms with E-state index in [-0.39, 0.29) is 17.3 Å². The number of imide groups is 1. The molecule has 2 aromatic carbocycles. The van der Waals surface area contributed by atoms with Crippen molar-refractivity contribution in [3.63, 3.8) is 0 Å². The van der Waals surface area contributed by atoms with Crippen molar-refractivity contribution in [2.45, 2.75) is 11.8 Å². The smallest absolute Gasteiger partial charge is 0.284 e. The molecule has 1 fully saturated rings. The van der Waals surface area contributed by atoms with Crippen LogP contribution in [0.25, 0.3) is 0 Å². The van der Waals surface area contributed by atoms with Crippen LogP contribution in [-0.2, 0) is 14.8 Å². The summed E-state index contributed by atoms with van der Waals surface area (Å²) in [5.41, 5.74) is 1.85. The highest BCUT2D eigenvalue weighted by atomic mass is 32.2. The number of benzene rings is 2. The van der Waals surface area contributed by atoms with Crippen molar-refractivity contribution >= 4 is 33.3 Å². The van der Waals surface area contributed by atoms with E-state index >= 15 is 0 Å². The lowest BCUT2D eigenvalue weighted by Gasteiger charge is -2.19. The van der Waals surface area contributed by atoms with E-state index in [4.69, 9.17) is 5.14 Å². The summed E-state index contributed by atoms with van der Waals surface area (Å²) in [6.07, 6.45) is 0. The normalized spacial score (nSPS) is 15.2. The minimum atomic E-state index is -3.83. The van der Waals surface area contributed by atoms with Crippen molar-refractivity contribution in [3.05, 3.63) is 54.1 Å². The average Bonchev–Trinajstić information content (AvgIpc) is 2.82. The highest BCUT2D eigenvalue weighted by molar-refractivity contribution is 7.89. The number of carbonyl (C=O) groups is 2. The summed E-state index contributed by atoms with van der Waals surface area (Å²) in [6, 6.07) is 12.1. The molecule has 0 radical (unpaired) electrons. The third kappa shape index (κ3) is 2.77. The van der Waals surface area contributed by atoms with Gasteiger partial charge in [0.2, 0.25) is 10.0 Å². The molecule has 1 aliphatic heterocycles. The van der Waals surface area contributed by atoms with E-state index in [1.54, 1.807) is 12.1 Å². The fourth-order valence-corrected chi connectivity index (χ4v) is 3.11. The maximum Gasteiger partial charge on any atom is 0.336 e. The fourth-order valence-electron chi connectivity index (χ4n) is 2.59. The third-order valence-corrected chi connectivity index (χ3v) is 4.72. The second-order valence-electron chi connectivity index (χ2n) is 5.42. The molecule has 8 heteroatoms. The number of para-hydroxylation sites is 1. The van der Waals surface area contributed by atoms with Gasteiger partial charge in [0.25, 0.3) is 5.91 Å². The average molecular weight is 345 g/mol. The number of amides is 3. The molecule has 0 saturated carbocycles. The van der Waals surface area contributed by atoms with Crippen LogP contribution in [0.15, 0.2) is 53.4 Å². The van der Waals surface area contributed by atoms with Crippen LogP contribution in [0.2, 0.25) is 0 Å². The van der Waals surface area contributed by atoms with Gasteiger partial charge in [0.05, 0.1) is 10.6 Å².